The van der Waals surface area contributed by atoms with E-state index < -0.39 is 29.7 Å². The molecule has 2 nitrogen and oxygen atoms in total. The maximum Gasteiger partial charge on any atom is 0.313 e. The van der Waals surface area contributed by atoms with Crippen molar-refractivity contribution in [1.82, 2.24) is 0 Å². The van der Waals surface area contributed by atoms with E-state index in [1.165, 1.54) is 0 Å². The standard InChI is InChI=1S/C7H5F3O2/c8-4-2-1-3(7(11)12)5(9)6(4)10/h1-3,5H,(H,11,12). The average Bonchev–Trinajstić information content (AvgIpc) is 2.00. The molecule has 2 unspecified atom stereocenters. The molecule has 66 valence electrons. The van der Waals surface area contributed by atoms with E-state index in [1.807, 2.05) is 0 Å². The van der Waals surface area contributed by atoms with Gasteiger partial charge in [0.2, 0.25) is 0 Å². The Balaban J connectivity index is 2.92. The van der Waals surface area contributed by atoms with Crippen LogP contribution < -0.4 is 0 Å². The van der Waals surface area contributed by atoms with Crippen molar-refractivity contribution in [3.05, 3.63) is 23.8 Å². The zero-order valence-corrected chi connectivity index (χ0v) is 5.80. The lowest BCUT2D eigenvalue weighted by molar-refractivity contribution is -0.141. The SMILES string of the molecule is O=C(O)C1C=CC(F)=C(F)C1F. The molecule has 0 aromatic carbocycles. The summed E-state index contributed by atoms with van der Waals surface area (Å²) in [6.07, 6.45) is -1.01. The number of carbonyl (C=O) groups is 1. The van der Waals surface area contributed by atoms with Gasteiger partial charge in [0.05, 0.1) is 0 Å². The van der Waals surface area contributed by atoms with Crippen molar-refractivity contribution >= 4 is 5.97 Å². The Morgan fingerprint density at radius 2 is 2.08 bits per heavy atom. The smallest absolute Gasteiger partial charge is 0.313 e. The van der Waals surface area contributed by atoms with Crippen LogP contribution >= 0.6 is 0 Å². The van der Waals surface area contributed by atoms with Gasteiger partial charge < -0.3 is 5.11 Å². The van der Waals surface area contributed by atoms with E-state index in [0.29, 0.717) is 6.08 Å². The Morgan fingerprint density at radius 3 is 2.58 bits per heavy atom. The highest BCUT2D eigenvalue weighted by Crippen LogP contribution is 2.28. The number of allylic oxidation sites excluding steroid dienone is 3. The first-order valence-electron chi connectivity index (χ1n) is 3.14. The zero-order chi connectivity index (χ0) is 9.30. The molecule has 0 bridgehead atoms. The third kappa shape index (κ3) is 1.34. The van der Waals surface area contributed by atoms with Crippen LogP contribution in [0.4, 0.5) is 13.2 Å². The predicted molar refractivity (Wildman–Crippen MR) is 34.4 cm³/mol. The fraction of sp³-hybridized carbons (Fsp3) is 0.286. The van der Waals surface area contributed by atoms with Crippen LogP contribution in [0.5, 0.6) is 0 Å². The number of carboxylic acids is 1. The van der Waals surface area contributed by atoms with Gasteiger partial charge in [0, 0.05) is 0 Å². The molecule has 1 N–H and O–H groups in total. The Bertz CT molecular complexity index is 270. The van der Waals surface area contributed by atoms with Gasteiger partial charge in [-0.2, -0.15) is 0 Å². The summed E-state index contributed by atoms with van der Waals surface area (Å²) in [5, 5.41) is 8.31. The normalized spacial score (nSPS) is 29.2. The molecule has 0 fully saturated rings. The van der Waals surface area contributed by atoms with Gasteiger partial charge in [0.25, 0.3) is 0 Å². The maximum atomic E-state index is 12.6. The molecule has 0 aromatic heterocycles. The molecule has 5 heteroatoms. The van der Waals surface area contributed by atoms with Gasteiger partial charge in [-0.05, 0) is 6.08 Å². The van der Waals surface area contributed by atoms with E-state index in [2.05, 4.69) is 0 Å². The first-order chi connectivity index (χ1) is 5.54. The van der Waals surface area contributed by atoms with E-state index in [1.54, 1.807) is 0 Å². The lowest BCUT2D eigenvalue weighted by atomic mass is 9.98. The Kier molecular flexibility index (Phi) is 2.21. The molecule has 0 saturated heterocycles. The first kappa shape index (κ1) is 8.83. The molecule has 1 rings (SSSR count). The summed E-state index contributed by atoms with van der Waals surface area (Å²) in [5.74, 6) is -6.13. The largest absolute Gasteiger partial charge is 0.481 e. The van der Waals surface area contributed by atoms with E-state index >= 15 is 0 Å². The number of aliphatic carboxylic acids is 1. The van der Waals surface area contributed by atoms with Gasteiger partial charge >= 0.3 is 5.97 Å². The second-order valence-corrected chi connectivity index (χ2v) is 2.32. The van der Waals surface area contributed by atoms with E-state index in [9.17, 15) is 18.0 Å². The zero-order valence-electron chi connectivity index (χ0n) is 5.80. The monoisotopic (exact) mass is 178 g/mol. The van der Waals surface area contributed by atoms with Gasteiger partial charge in [-0.25, -0.2) is 13.2 Å². The molecule has 0 radical (unpaired) electrons. The quantitative estimate of drug-likeness (QED) is 0.664. The minimum Gasteiger partial charge on any atom is -0.481 e. The number of rotatable bonds is 1. The van der Waals surface area contributed by atoms with Gasteiger partial charge in [0.15, 0.2) is 17.8 Å². The van der Waals surface area contributed by atoms with Crippen LogP contribution in [0.25, 0.3) is 0 Å². The van der Waals surface area contributed by atoms with E-state index in [-0.39, 0.29) is 0 Å². The highest BCUT2D eigenvalue weighted by molar-refractivity contribution is 5.74. The summed E-state index contributed by atoms with van der Waals surface area (Å²) in [6.45, 7) is 0. The minimum atomic E-state index is -2.41. The molecule has 12 heavy (non-hydrogen) atoms. The van der Waals surface area contributed by atoms with Crippen molar-refractivity contribution in [1.29, 1.82) is 0 Å². The number of alkyl halides is 1. The number of hydrogen-bond donors (Lipinski definition) is 1. The first-order valence-corrected chi connectivity index (χ1v) is 3.14. The van der Waals surface area contributed by atoms with E-state index in [4.69, 9.17) is 5.11 Å². The molecule has 0 amide bonds. The van der Waals surface area contributed by atoms with Crippen LogP contribution in [0.3, 0.4) is 0 Å². The minimum absolute atomic E-state index is 0.615. The maximum absolute atomic E-state index is 12.6. The molecule has 0 saturated carbocycles. The lowest BCUT2D eigenvalue weighted by Gasteiger charge is -2.15. The highest BCUT2D eigenvalue weighted by atomic mass is 19.2. The van der Waals surface area contributed by atoms with Gasteiger partial charge in [-0.15, -0.1) is 0 Å². The van der Waals surface area contributed by atoms with Crippen LogP contribution in [0.2, 0.25) is 0 Å². The fourth-order valence-electron chi connectivity index (χ4n) is 0.862. The molecule has 0 aliphatic heterocycles. The predicted octanol–water partition coefficient (Wildman–Crippen LogP) is 1.75. The lowest BCUT2D eigenvalue weighted by Crippen LogP contribution is -2.25. The van der Waals surface area contributed by atoms with Crippen molar-refractivity contribution in [2.45, 2.75) is 6.17 Å². The summed E-state index contributed by atoms with van der Waals surface area (Å²) in [5.41, 5.74) is 0. The molecule has 1 aliphatic rings. The van der Waals surface area contributed by atoms with Crippen LogP contribution in [0.15, 0.2) is 23.8 Å². The third-order valence-electron chi connectivity index (χ3n) is 1.52. The number of hydrogen-bond acceptors (Lipinski definition) is 1. The Hall–Kier alpha value is -1.26. The number of halogens is 3. The second kappa shape index (κ2) is 3.00. The van der Waals surface area contributed by atoms with Gasteiger partial charge in [-0.1, -0.05) is 6.08 Å². The molecule has 0 heterocycles. The van der Waals surface area contributed by atoms with Crippen LogP contribution in [0, 0.1) is 5.92 Å². The topological polar surface area (TPSA) is 37.3 Å². The van der Waals surface area contributed by atoms with Crippen molar-refractivity contribution in [2.24, 2.45) is 5.92 Å². The summed E-state index contributed by atoms with van der Waals surface area (Å²) >= 11 is 0. The van der Waals surface area contributed by atoms with Crippen molar-refractivity contribution in [3.8, 4) is 0 Å². The molecule has 2 atom stereocenters. The van der Waals surface area contributed by atoms with E-state index in [0.717, 1.165) is 6.08 Å². The molecular formula is C7H5F3O2. The Labute approximate surface area is 66.0 Å². The molecule has 1 aliphatic carbocycles. The van der Waals surface area contributed by atoms with Crippen LogP contribution in [0.1, 0.15) is 0 Å². The molecular weight excluding hydrogens is 173 g/mol. The van der Waals surface area contributed by atoms with Crippen molar-refractivity contribution in [3.63, 3.8) is 0 Å². The summed E-state index contributed by atoms with van der Waals surface area (Å²) in [4.78, 5) is 10.2. The van der Waals surface area contributed by atoms with Gasteiger partial charge in [0.1, 0.15) is 5.92 Å². The Morgan fingerprint density at radius 1 is 1.50 bits per heavy atom. The molecule has 0 aromatic rings. The van der Waals surface area contributed by atoms with Gasteiger partial charge in [-0.3, -0.25) is 4.79 Å². The average molecular weight is 178 g/mol. The number of carboxylic acid groups (broad SMARTS) is 1. The van der Waals surface area contributed by atoms with Crippen molar-refractivity contribution in [2.75, 3.05) is 0 Å². The van der Waals surface area contributed by atoms with Crippen LogP contribution in [-0.2, 0) is 4.79 Å². The summed E-state index contributed by atoms with van der Waals surface area (Å²) in [7, 11) is 0. The summed E-state index contributed by atoms with van der Waals surface area (Å²) < 4.78 is 37.3. The summed E-state index contributed by atoms with van der Waals surface area (Å²) in [6, 6.07) is 0. The third-order valence-corrected chi connectivity index (χ3v) is 1.52. The second-order valence-electron chi connectivity index (χ2n) is 2.32. The highest BCUT2D eigenvalue weighted by Gasteiger charge is 2.34. The molecule has 0 spiro atoms. The van der Waals surface area contributed by atoms with Crippen LogP contribution in [-0.4, -0.2) is 17.2 Å². The van der Waals surface area contributed by atoms with Crippen molar-refractivity contribution < 1.29 is 23.1 Å². The fourth-order valence-corrected chi connectivity index (χ4v) is 0.862.